The number of anilines is 1. The van der Waals surface area contributed by atoms with Crippen molar-refractivity contribution in [2.24, 2.45) is 0 Å². The van der Waals surface area contributed by atoms with Gasteiger partial charge in [0.05, 0.1) is 0 Å². The molecule has 2 saturated carbocycles. The normalized spacial score (nSPS) is 20.2. The van der Waals surface area contributed by atoms with Gasteiger partial charge in [-0.1, -0.05) is 19.3 Å². The van der Waals surface area contributed by atoms with Crippen molar-refractivity contribution < 1.29 is 0 Å². The largest absolute Gasteiger partial charge is 0.351 e. The fourth-order valence-electron chi connectivity index (χ4n) is 3.03. The van der Waals surface area contributed by atoms with Crippen LogP contribution < -0.4 is 5.32 Å². The van der Waals surface area contributed by atoms with E-state index in [0.29, 0.717) is 12.0 Å². The first-order valence-electron chi connectivity index (χ1n) is 7.79. The van der Waals surface area contributed by atoms with Crippen molar-refractivity contribution in [3.63, 3.8) is 0 Å². The molecule has 0 amide bonds. The lowest BCUT2D eigenvalue weighted by molar-refractivity contribution is 0.461. The lowest BCUT2D eigenvalue weighted by Gasteiger charge is -2.22. The molecule has 2 aliphatic rings. The van der Waals surface area contributed by atoms with Gasteiger partial charge >= 0.3 is 0 Å². The molecular formula is C16H20N4. The third-order valence-electron chi connectivity index (χ3n) is 4.40. The fraction of sp³-hybridized carbons (Fsp3) is 0.562. The SMILES string of the molecule is c1cc2cnc(NC3CCCCC3)nc2nc1C1CC1. The molecule has 2 aromatic heterocycles. The van der Waals surface area contributed by atoms with Gasteiger partial charge in [-0.15, -0.1) is 0 Å². The molecule has 0 spiro atoms. The highest BCUT2D eigenvalue weighted by molar-refractivity contribution is 5.74. The summed E-state index contributed by atoms with van der Waals surface area (Å²) in [5, 5.41) is 4.51. The minimum atomic E-state index is 0.535. The van der Waals surface area contributed by atoms with E-state index in [1.165, 1.54) is 50.6 Å². The summed E-state index contributed by atoms with van der Waals surface area (Å²) in [6.07, 6.45) is 10.9. The summed E-state index contributed by atoms with van der Waals surface area (Å²) in [7, 11) is 0. The van der Waals surface area contributed by atoms with Gasteiger partial charge < -0.3 is 5.32 Å². The van der Waals surface area contributed by atoms with Gasteiger partial charge in [-0.2, -0.15) is 4.98 Å². The first kappa shape index (κ1) is 12.1. The Morgan fingerprint density at radius 3 is 2.60 bits per heavy atom. The highest BCUT2D eigenvalue weighted by Crippen LogP contribution is 2.39. The van der Waals surface area contributed by atoms with Gasteiger partial charge in [0.1, 0.15) is 0 Å². The first-order chi connectivity index (χ1) is 9.88. The molecule has 0 saturated heterocycles. The third-order valence-corrected chi connectivity index (χ3v) is 4.40. The Morgan fingerprint density at radius 1 is 0.950 bits per heavy atom. The van der Waals surface area contributed by atoms with Crippen LogP contribution in [-0.2, 0) is 0 Å². The average molecular weight is 268 g/mol. The van der Waals surface area contributed by atoms with Crippen LogP contribution in [0, 0.1) is 0 Å². The maximum absolute atomic E-state index is 4.70. The predicted octanol–water partition coefficient (Wildman–Crippen LogP) is 3.65. The second kappa shape index (κ2) is 5.00. The number of nitrogens with zero attached hydrogens (tertiary/aromatic N) is 3. The van der Waals surface area contributed by atoms with E-state index in [9.17, 15) is 0 Å². The Labute approximate surface area is 119 Å². The maximum Gasteiger partial charge on any atom is 0.224 e. The van der Waals surface area contributed by atoms with E-state index in [1.807, 2.05) is 6.20 Å². The van der Waals surface area contributed by atoms with Crippen LogP contribution in [0.1, 0.15) is 56.6 Å². The summed E-state index contributed by atoms with van der Waals surface area (Å²) in [6.45, 7) is 0. The number of hydrogen-bond acceptors (Lipinski definition) is 4. The number of nitrogens with one attached hydrogen (secondary N) is 1. The van der Waals surface area contributed by atoms with Crippen LogP contribution in [0.4, 0.5) is 5.95 Å². The van der Waals surface area contributed by atoms with E-state index < -0.39 is 0 Å². The van der Waals surface area contributed by atoms with Gasteiger partial charge in [0.15, 0.2) is 5.65 Å². The number of rotatable bonds is 3. The Kier molecular flexibility index (Phi) is 3.02. The van der Waals surface area contributed by atoms with Crippen molar-refractivity contribution in [1.29, 1.82) is 0 Å². The van der Waals surface area contributed by atoms with Crippen LogP contribution in [0.25, 0.3) is 11.0 Å². The fourth-order valence-corrected chi connectivity index (χ4v) is 3.03. The van der Waals surface area contributed by atoms with Gasteiger partial charge in [0.2, 0.25) is 5.95 Å². The number of hydrogen-bond donors (Lipinski definition) is 1. The van der Waals surface area contributed by atoms with E-state index in [2.05, 4.69) is 27.4 Å². The molecule has 20 heavy (non-hydrogen) atoms. The van der Waals surface area contributed by atoms with Crippen LogP contribution in [0.5, 0.6) is 0 Å². The zero-order valence-electron chi connectivity index (χ0n) is 11.7. The van der Waals surface area contributed by atoms with Crippen LogP contribution >= 0.6 is 0 Å². The van der Waals surface area contributed by atoms with Crippen LogP contribution in [0.3, 0.4) is 0 Å². The second-order valence-corrected chi connectivity index (χ2v) is 6.10. The molecule has 0 atom stereocenters. The summed E-state index contributed by atoms with van der Waals surface area (Å²) < 4.78 is 0. The summed E-state index contributed by atoms with van der Waals surface area (Å²) >= 11 is 0. The zero-order chi connectivity index (χ0) is 13.4. The van der Waals surface area contributed by atoms with Crippen LogP contribution in [0.2, 0.25) is 0 Å². The van der Waals surface area contributed by atoms with Crippen molar-refractivity contribution in [3.05, 3.63) is 24.0 Å². The number of pyridine rings is 1. The Morgan fingerprint density at radius 2 is 1.80 bits per heavy atom. The smallest absolute Gasteiger partial charge is 0.224 e. The lowest BCUT2D eigenvalue weighted by Crippen LogP contribution is -2.23. The van der Waals surface area contributed by atoms with Gasteiger partial charge in [-0.3, -0.25) is 0 Å². The number of fused-ring (bicyclic) bond motifs is 1. The summed E-state index contributed by atoms with van der Waals surface area (Å²) in [4.78, 5) is 13.7. The minimum absolute atomic E-state index is 0.535. The van der Waals surface area contributed by atoms with Crippen molar-refractivity contribution in [2.75, 3.05) is 5.32 Å². The van der Waals surface area contributed by atoms with Crippen molar-refractivity contribution in [2.45, 2.75) is 56.9 Å². The van der Waals surface area contributed by atoms with Crippen LogP contribution in [0.15, 0.2) is 18.3 Å². The molecule has 104 valence electrons. The Bertz CT molecular complexity index is 615. The predicted molar refractivity (Wildman–Crippen MR) is 79.8 cm³/mol. The molecule has 0 radical (unpaired) electrons. The molecule has 0 unspecified atom stereocenters. The van der Waals surface area contributed by atoms with Crippen molar-refractivity contribution in [3.8, 4) is 0 Å². The van der Waals surface area contributed by atoms with Gasteiger partial charge in [-0.25, -0.2) is 9.97 Å². The third kappa shape index (κ3) is 2.47. The van der Waals surface area contributed by atoms with E-state index in [-0.39, 0.29) is 0 Å². The Hall–Kier alpha value is -1.71. The Balaban J connectivity index is 1.59. The molecule has 2 aromatic rings. The molecule has 4 nitrogen and oxygen atoms in total. The molecule has 1 N–H and O–H groups in total. The topological polar surface area (TPSA) is 50.7 Å². The zero-order valence-corrected chi connectivity index (χ0v) is 11.7. The standard InChI is InChI=1S/C16H20N4/c1-2-4-13(5-3-1)18-16-17-10-12-8-9-14(11-6-7-11)19-15(12)20-16/h8-11,13H,1-7H2,(H,17,18,19,20). The minimum Gasteiger partial charge on any atom is -0.351 e. The molecule has 0 bridgehead atoms. The lowest BCUT2D eigenvalue weighted by atomic mass is 9.96. The van der Waals surface area contributed by atoms with Crippen LogP contribution in [-0.4, -0.2) is 21.0 Å². The first-order valence-corrected chi connectivity index (χ1v) is 7.79. The summed E-state index contributed by atoms with van der Waals surface area (Å²) in [5.74, 6) is 1.41. The molecular weight excluding hydrogens is 248 g/mol. The molecule has 4 heteroatoms. The molecule has 0 aromatic carbocycles. The van der Waals surface area contributed by atoms with Gasteiger partial charge in [0.25, 0.3) is 0 Å². The van der Waals surface area contributed by atoms with Crippen molar-refractivity contribution in [1.82, 2.24) is 15.0 Å². The van der Waals surface area contributed by atoms with E-state index in [4.69, 9.17) is 4.98 Å². The average Bonchev–Trinajstić information content (AvgIpc) is 3.32. The van der Waals surface area contributed by atoms with Gasteiger partial charge in [0, 0.05) is 29.2 Å². The molecule has 2 heterocycles. The van der Waals surface area contributed by atoms with Crippen molar-refractivity contribution >= 4 is 17.0 Å². The quantitative estimate of drug-likeness (QED) is 0.923. The summed E-state index contributed by atoms with van der Waals surface area (Å²) in [5.41, 5.74) is 2.03. The van der Waals surface area contributed by atoms with E-state index >= 15 is 0 Å². The summed E-state index contributed by atoms with van der Waals surface area (Å²) in [6, 6.07) is 4.76. The molecule has 2 aliphatic carbocycles. The van der Waals surface area contributed by atoms with E-state index in [0.717, 1.165) is 17.0 Å². The molecule has 4 rings (SSSR count). The molecule has 0 aliphatic heterocycles. The van der Waals surface area contributed by atoms with E-state index in [1.54, 1.807) is 0 Å². The second-order valence-electron chi connectivity index (χ2n) is 6.10. The molecule has 2 fully saturated rings. The monoisotopic (exact) mass is 268 g/mol. The highest BCUT2D eigenvalue weighted by atomic mass is 15.1. The highest BCUT2D eigenvalue weighted by Gasteiger charge is 2.25. The number of aromatic nitrogens is 3. The maximum atomic E-state index is 4.70. The van der Waals surface area contributed by atoms with Gasteiger partial charge in [-0.05, 0) is 37.8 Å².